The first-order valence-electron chi connectivity index (χ1n) is 11.1. The van der Waals surface area contributed by atoms with Crippen LogP contribution >= 0.6 is 7.14 Å². The van der Waals surface area contributed by atoms with Crippen molar-refractivity contribution < 1.29 is 14.3 Å². The molecule has 0 N–H and O–H groups in total. The van der Waals surface area contributed by atoms with Crippen molar-refractivity contribution in [1.82, 2.24) is 0 Å². The Labute approximate surface area is 207 Å². The zero-order valence-corrected chi connectivity index (χ0v) is 19.9. The van der Waals surface area contributed by atoms with Gasteiger partial charge in [-0.15, -0.1) is 0 Å². The lowest BCUT2D eigenvalue weighted by atomic mass is 10.1. The third-order valence-corrected chi connectivity index (χ3v) is 8.39. The monoisotopic (exact) mass is 493 g/mol. The number of nitro groups is 1. The summed E-state index contributed by atoms with van der Waals surface area (Å²) in [5.74, 6) is 1.08. The molecule has 36 heavy (non-hydrogen) atoms. The number of Topliss-reactive ketones (excluding diaryl/α,β-unsaturated/α-hetero) is 1. The third-order valence-electron chi connectivity index (χ3n) is 5.80. The summed E-state index contributed by atoms with van der Waals surface area (Å²) in [6, 6.07) is 32.8. The molecule has 0 amide bonds. The fraction of sp³-hybridized carbons (Fsp3) is 0. The highest BCUT2D eigenvalue weighted by Gasteiger charge is 2.40. The van der Waals surface area contributed by atoms with Crippen LogP contribution in [0, 0.1) is 10.1 Å². The maximum absolute atomic E-state index is 14.8. The van der Waals surface area contributed by atoms with Gasteiger partial charge in [0.2, 0.25) is 5.78 Å². The lowest BCUT2D eigenvalue weighted by Crippen LogP contribution is -2.29. The highest BCUT2D eigenvalue weighted by Crippen LogP contribution is 2.54. The van der Waals surface area contributed by atoms with E-state index >= 15 is 0 Å². The average molecular weight is 493 g/mol. The topological polar surface area (TPSA) is 92.9 Å². The molecule has 5 rings (SSSR count). The van der Waals surface area contributed by atoms with Crippen LogP contribution in [0.4, 0.5) is 11.4 Å². The lowest BCUT2D eigenvalue weighted by Gasteiger charge is -2.31. The number of carbonyl (C=O) groups is 1. The summed E-state index contributed by atoms with van der Waals surface area (Å²) in [5.41, 5.74) is 1.99. The molecule has 1 atom stereocenters. The molecule has 1 aliphatic heterocycles. The number of hydrazone groups is 1. The molecule has 4 aromatic carbocycles. The molecule has 8 heteroatoms. The van der Waals surface area contributed by atoms with E-state index < -0.39 is 17.8 Å². The Balaban J connectivity index is 1.72. The molecule has 0 aromatic heterocycles. The van der Waals surface area contributed by atoms with E-state index in [4.69, 9.17) is 5.10 Å². The highest BCUT2D eigenvalue weighted by molar-refractivity contribution is 7.92. The van der Waals surface area contributed by atoms with Crippen LogP contribution in [0.5, 0.6) is 0 Å². The molecular formula is C28H20N3O4P. The van der Waals surface area contributed by atoms with Crippen molar-refractivity contribution in [2.45, 2.75) is 0 Å². The molecule has 0 aliphatic carbocycles. The lowest BCUT2D eigenvalue weighted by molar-refractivity contribution is -0.384. The predicted octanol–water partition coefficient (Wildman–Crippen LogP) is 6.30. The number of ketones is 1. The quantitative estimate of drug-likeness (QED) is 0.136. The van der Waals surface area contributed by atoms with Crippen molar-refractivity contribution in [3.8, 4) is 0 Å². The van der Waals surface area contributed by atoms with Crippen molar-refractivity contribution >= 4 is 40.8 Å². The smallest absolute Gasteiger partial charge is 0.269 e. The van der Waals surface area contributed by atoms with E-state index in [2.05, 4.69) is 0 Å². The fourth-order valence-corrected chi connectivity index (χ4v) is 6.37. The molecule has 7 nitrogen and oxygen atoms in total. The second-order valence-electron chi connectivity index (χ2n) is 8.08. The minimum absolute atomic E-state index is 0.119. The van der Waals surface area contributed by atoms with Crippen LogP contribution in [0.1, 0.15) is 15.9 Å². The summed E-state index contributed by atoms with van der Waals surface area (Å²) in [5, 5.41) is 17.9. The maximum Gasteiger partial charge on any atom is 0.269 e. The fourth-order valence-electron chi connectivity index (χ4n) is 3.98. The molecular weight excluding hydrogens is 473 g/mol. The highest BCUT2D eigenvalue weighted by atomic mass is 31.2. The Morgan fingerprint density at radius 3 is 1.92 bits per heavy atom. The Hall–Kier alpha value is -4.61. The second-order valence-corrected chi connectivity index (χ2v) is 10.6. The van der Waals surface area contributed by atoms with Crippen LogP contribution in [-0.4, -0.2) is 16.2 Å². The second kappa shape index (κ2) is 9.56. The number of carbonyl (C=O) groups excluding carboxylic acids is 1. The normalized spacial score (nSPS) is 17.2. The summed E-state index contributed by atoms with van der Waals surface area (Å²) in [6.07, 6.45) is 0. The Morgan fingerprint density at radius 1 is 0.778 bits per heavy atom. The van der Waals surface area contributed by atoms with Crippen molar-refractivity contribution in [2.75, 3.05) is 5.01 Å². The molecule has 4 aromatic rings. The van der Waals surface area contributed by atoms with Crippen LogP contribution in [0.2, 0.25) is 0 Å². The van der Waals surface area contributed by atoms with Gasteiger partial charge in [-0.3, -0.25) is 14.9 Å². The van der Waals surface area contributed by atoms with E-state index in [1.807, 2.05) is 66.7 Å². The van der Waals surface area contributed by atoms with Gasteiger partial charge >= 0.3 is 0 Å². The van der Waals surface area contributed by atoms with Gasteiger partial charge in [0.1, 0.15) is 0 Å². The SMILES string of the molecule is O=C(C1=NN(c2ccccc2)C(c2ccccc2)=CP1(=O)c1ccccc1)c1ccc([N+](=O)[O-])cc1. The van der Waals surface area contributed by atoms with Gasteiger partial charge in [-0.2, -0.15) is 5.10 Å². The van der Waals surface area contributed by atoms with E-state index in [-0.39, 0.29) is 16.7 Å². The van der Waals surface area contributed by atoms with Crippen LogP contribution in [0.25, 0.3) is 5.70 Å². The Kier molecular flexibility index (Phi) is 6.15. The zero-order chi connectivity index (χ0) is 25.1. The standard InChI is InChI=1S/C28H20N3O4P/c32-27(22-16-18-24(19-17-22)31(33)34)28-29-30(23-12-6-2-7-13-23)26(21-10-4-1-5-11-21)20-36(28,35)25-14-8-3-9-15-25/h1-20H. The molecule has 0 radical (unpaired) electrons. The number of hydrogen-bond acceptors (Lipinski definition) is 6. The van der Waals surface area contributed by atoms with Gasteiger partial charge in [0.25, 0.3) is 5.69 Å². The number of benzene rings is 4. The van der Waals surface area contributed by atoms with Gasteiger partial charge in [-0.25, -0.2) is 5.01 Å². The number of non-ortho nitro benzene ring substituents is 1. The molecule has 1 aliphatic rings. The third kappa shape index (κ3) is 4.28. The van der Waals surface area contributed by atoms with Crippen molar-refractivity contribution in [3.63, 3.8) is 0 Å². The zero-order valence-electron chi connectivity index (χ0n) is 19.0. The number of hydrogen-bond donors (Lipinski definition) is 0. The van der Waals surface area contributed by atoms with Crippen LogP contribution in [0.3, 0.4) is 0 Å². The van der Waals surface area contributed by atoms with Gasteiger partial charge in [-0.05, 0) is 24.3 Å². The number of nitro benzene ring substituents is 1. The van der Waals surface area contributed by atoms with Crippen molar-refractivity contribution in [3.05, 3.63) is 142 Å². The van der Waals surface area contributed by atoms with E-state index in [0.717, 1.165) is 5.56 Å². The van der Waals surface area contributed by atoms with Gasteiger partial charge in [0.15, 0.2) is 12.6 Å². The van der Waals surface area contributed by atoms with E-state index in [1.54, 1.807) is 35.1 Å². The predicted molar refractivity (Wildman–Crippen MR) is 142 cm³/mol. The summed E-state index contributed by atoms with van der Waals surface area (Å²) in [6.45, 7) is 0. The first-order valence-corrected chi connectivity index (χ1v) is 12.9. The van der Waals surface area contributed by atoms with E-state index in [9.17, 15) is 19.5 Å². The van der Waals surface area contributed by atoms with Crippen LogP contribution in [-0.2, 0) is 4.57 Å². The molecule has 1 unspecified atom stereocenters. The van der Waals surface area contributed by atoms with Gasteiger partial charge in [0.05, 0.1) is 16.3 Å². The molecule has 0 saturated carbocycles. The Bertz CT molecular complexity index is 1530. The van der Waals surface area contributed by atoms with Crippen molar-refractivity contribution in [1.29, 1.82) is 0 Å². The van der Waals surface area contributed by atoms with Crippen LogP contribution < -0.4 is 10.3 Å². The molecule has 0 saturated heterocycles. The average Bonchev–Trinajstić information content (AvgIpc) is 2.94. The number of anilines is 1. The van der Waals surface area contributed by atoms with E-state index in [1.165, 1.54) is 24.3 Å². The minimum Gasteiger partial charge on any atom is -0.307 e. The molecule has 176 valence electrons. The number of rotatable bonds is 6. The largest absolute Gasteiger partial charge is 0.307 e. The Morgan fingerprint density at radius 2 is 1.33 bits per heavy atom. The van der Waals surface area contributed by atoms with Crippen molar-refractivity contribution in [2.24, 2.45) is 5.10 Å². The number of nitrogens with zero attached hydrogens (tertiary/aromatic N) is 3. The first kappa shape index (κ1) is 23.1. The summed E-state index contributed by atoms with van der Waals surface area (Å²) >= 11 is 0. The summed E-state index contributed by atoms with van der Waals surface area (Å²) in [7, 11) is -3.64. The van der Waals surface area contributed by atoms with Gasteiger partial charge < -0.3 is 4.57 Å². The van der Waals surface area contributed by atoms with E-state index in [0.29, 0.717) is 16.7 Å². The molecule has 0 spiro atoms. The summed E-state index contributed by atoms with van der Waals surface area (Å²) < 4.78 is 14.8. The van der Waals surface area contributed by atoms with Gasteiger partial charge in [0, 0.05) is 34.4 Å². The molecule has 1 heterocycles. The summed E-state index contributed by atoms with van der Waals surface area (Å²) in [4.78, 5) is 24.3. The first-order chi connectivity index (χ1) is 17.5. The maximum atomic E-state index is 14.8. The molecule has 0 fully saturated rings. The number of para-hydroxylation sites is 1. The molecule has 0 bridgehead atoms. The van der Waals surface area contributed by atoms with Crippen LogP contribution in [0.15, 0.2) is 126 Å². The van der Waals surface area contributed by atoms with Gasteiger partial charge in [-0.1, -0.05) is 78.9 Å². The minimum atomic E-state index is -3.64.